The minimum atomic E-state index is -4.49. The summed E-state index contributed by atoms with van der Waals surface area (Å²) in [5, 5.41) is 21.5. The third-order valence-corrected chi connectivity index (χ3v) is 5.19. The normalized spacial score (nSPS) is 21.0. The van der Waals surface area contributed by atoms with Crippen molar-refractivity contribution in [2.45, 2.75) is 31.5 Å². The molecule has 2 N–H and O–H groups in total. The van der Waals surface area contributed by atoms with Gasteiger partial charge in [0.15, 0.2) is 6.61 Å². The van der Waals surface area contributed by atoms with Gasteiger partial charge in [-0.2, -0.15) is 13.2 Å². The van der Waals surface area contributed by atoms with E-state index >= 15 is 0 Å². The number of nitrogens with one attached hydrogen (secondary N) is 1. The molecule has 2 aromatic heterocycles. The van der Waals surface area contributed by atoms with Crippen molar-refractivity contribution in [3.8, 4) is 22.8 Å². The third-order valence-electron chi connectivity index (χ3n) is 5.19. The number of anilines is 1. The van der Waals surface area contributed by atoms with Crippen molar-refractivity contribution in [3.63, 3.8) is 0 Å². The van der Waals surface area contributed by atoms with Crippen LogP contribution in [0, 0.1) is 5.92 Å². The maximum Gasteiger partial charge on any atom is 0.422 e. The van der Waals surface area contributed by atoms with Crippen LogP contribution in [-0.4, -0.2) is 56.7 Å². The highest BCUT2D eigenvalue weighted by atomic mass is 19.4. The van der Waals surface area contributed by atoms with E-state index in [0.717, 1.165) is 0 Å². The number of nitrogens with zero attached hydrogens (tertiary/aromatic N) is 4. The van der Waals surface area contributed by atoms with Crippen LogP contribution < -0.4 is 14.8 Å². The molecule has 31 heavy (non-hydrogen) atoms. The number of methoxy groups -OCH3 is 1. The molecule has 0 amide bonds. The van der Waals surface area contributed by atoms with Crippen molar-refractivity contribution in [2.24, 2.45) is 5.92 Å². The highest BCUT2D eigenvalue weighted by molar-refractivity contribution is 5.81. The summed E-state index contributed by atoms with van der Waals surface area (Å²) in [4.78, 5) is 4.14. The average Bonchev–Trinajstić information content (AvgIpc) is 3.18. The van der Waals surface area contributed by atoms with Gasteiger partial charge in [0.05, 0.1) is 24.4 Å². The molecule has 0 bridgehead atoms. The molecule has 0 saturated heterocycles. The smallest absolute Gasteiger partial charge is 0.422 e. The predicted octanol–water partition coefficient (Wildman–Crippen LogP) is 3.31. The number of aromatic nitrogens is 4. The van der Waals surface area contributed by atoms with Crippen LogP contribution in [0.5, 0.6) is 11.5 Å². The van der Waals surface area contributed by atoms with Gasteiger partial charge in [-0.05, 0) is 37.8 Å². The Kier molecular flexibility index (Phi) is 5.38. The first-order valence-corrected chi connectivity index (χ1v) is 9.68. The molecule has 166 valence electrons. The topological polar surface area (TPSA) is 93.8 Å². The molecular weight excluding hydrogens is 415 g/mol. The van der Waals surface area contributed by atoms with E-state index in [4.69, 9.17) is 9.47 Å². The first kappa shape index (κ1) is 21.2. The molecule has 2 heterocycles. The molecule has 0 radical (unpaired) electrons. The van der Waals surface area contributed by atoms with Gasteiger partial charge in [0.2, 0.25) is 5.95 Å². The first-order chi connectivity index (χ1) is 14.6. The molecular formula is C20H22F3N5O3. The number of halogens is 3. The van der Waals surface area contributed by atoms with Gasteiger partial charge >= 0.3 is 6.18 Å². The second-order valence-corrected chi connectivity index (χ2v) is 7.94. The monoisotopic (exact) mass is 437 g/mol. The van der Waals surface area contributed by atoms with E-state index in [-0.39, 0.29) is 5.75 Å². The number of ether oxygens (including phenoxy) is 2. The van der Waals surface area contributed by atoms with Crippen molar-refractivity contribution in [1.29, 1.82) is 0 Å². The largest absolute Gasteiger partial charge is 0.497 e. The lowest BCUT2D eigenvalue weighted by molar-refractivity contribution is -0.153. The van der Waals surface area contributed by atoms with Crippen LogP contribution in [0.4, 0.5) is 19.1 Å². The molecule has 0 spiro atoms. The van der Waals surface area contributed by atoms with Gasteiger partial charge < -0.3 is 19.9 Å². The molecule has 4 rings (SSSR count). The maximum atomic E-state index is 12.7. The Bertz CT molecular complexity index is 1080. The van der Waals surface area contributed by atoms with Gasteiger partial charge in [-0.15, -0.1) is 10.2 Å². The Morgan fingerprint density at radius 3 is 2.74 bits per heavy atom. The van der Waals surface area contributed by atoms with Crippen LogP contribution in [0.1, 0.15) is 19.8 Å². The standard InChI is InChI=1S/C20H22F3N5O3/c1-19(29)6-12(7-19)8-25-18-27-26-17(15-9-24-11-28(15)18)14-4-3-13(30-2)5-16(14)31-10-20(21,22)23/h3-5,9,11-12,29H,6-8,10H2,1-2H3,(H,25,27). The van der Waals surface area contributed by atoms with Crippen molar-refractivity contribution in [3.05, 3.63) is 30.7 Å². The Morgan fingerprint density at radius 2 is 2.06 bits per heavy atom. The second kappa shape index (κ2) is 7.88. The molecule has 1 aliphatic rings. The minimum absolute atomic E-state index is 0.0218. The number of rotatable bonds is 7. The number of hydrogen-bond acceptors (Lipinski definition) is 7. The summed E-state index contributed by atoms with van der Waals surface area (Å²) in [6.45, 7) is 0.973. The summed E-state index contributed by atoms with van der Waals surface area (Å²) in [5.41, 5.74) is 0.604. The van der Waals surface area contributed by atoms with Gasteiger partial charge in [0.25, 0.3) is 0 Å². The molecule has 1 aliphatic carbocycles. The molecule has 1 aromatic carbocycles. The lowest BCUT2D eigenvalue weighted by atomic mass is 9.72. The van der Waals surface area contributed by atoms with E-state index in [0.29, 0.717) is 53.8 Å². The Hall–Kier alpha value is -3.08. The Balaban J connectivity index is 1.63. The minimum Gasteiger partial charge on any atom is -0.497 e. The molecule has 3 aromatic rings. The van der Waals surface area contributed by atoms with Crippen molar-refractivity contribution >= 4 is 11.5 Å². The zero-order valence-electron chi connectivity index (χ0n) is 17.0. The molecule has 1 fully saturated rings. The van der Waals surface area contributed by atoms with E-state index in [1.165, 1.54) is 13.2 Å². The van der Waals surface area contributed by atoms with E-state index in [9.17, 15) is 18.3 Å². The fourth-order valence-electron chi connectivity index (χ4n) is 3.82. The number of hydrogen-bond donors (Lipinski definition) is 2. The van der Waals surface area contributed by atoms with Gasteiger partial charge in [-0.1, -0.05) is 0 Å². The van der Waals surface area contributed by atoms with Gasteiger partial charge in [-0.3, -0.25) is 4.40 Å². The molecule has 0 atom stereocenters. The van der Waals surface area contributed by atoms with Crippen molar-refractivity contribution in [2.75, 3.05) is 25.6 Å². The van der Waals surface area contributed by atoms with E-state index < -0.39 is 18.4 Å². The zero-order chi connectivity index (χ0) is 22.2. The summed E-state index contributed by atoms with van der Waals surface area (Å²) in [6.07, 6.45) is 0.0141. The average molecular weight is 437 g/mol. The lowest BCUT2D eigenvalue weighted by Crippen LogP contribution is -2.43. The fraction of sp³-hybridized carbons (Fsp3) is 0.450. The van der Waals surface area contributed by atoms with Crippen LogP contribution in [-0.2, 0) is 0 Å². The molecule has 11 heteroatoms. The van der Waals surface area contributed by atoms with Gasteiger partial charge in [-0.25, -0.2) is 4.98 Å². The lowest BCUT2D eigenvalue weighted by Gasteiger charge is -2.41. The maximum absolute atomic E-state index is 12.7. The number of aliphatic hydroxyl groups is 1. The zero-order valence-corrected chi connectivity index (χ0v) is 17.0. The Labute approximate surface area is 176 Å². The summed E-state index contributed by atoms with van der Waals surface area (Å²) < 4.78 is 50.0. The Morgan fingerprint density at radius 1 is 1.29 bits per heavy atom. The van der Waals surface area contributed by atoms with Crippen LogP contribution in [0.2, 0.25) is 0 Å². The summed E-state index contributed by atoms with van der Waals surface area (Å²) in [6, 6.07) is 4.56. The molecule has 8 nitrogen and oxygen atoms in total. The van der Waals surface area contributed by atoms with E-state index in [2.05, 4.69) is 20.5 Å². The highest BCUT2D eigenvalue weighted by Gasteiger charge is 2.38. The third kappa shape index (κ3) is 4.66. The summed E-state index contributed by atoms with van der Waals surface area (Å²) >= 11 is 0. The molecule has 0 unspecified atom stereocenters. The van der Waals surface area contributed by atoms with Crippen molar-refractivity contribution in [1.82, 2.24) is 19.6 Å². The van der Waals surface area contributed by atoms with Gasteiger partial charge in [0.1, 0.15) is 23.5 Å². The SMILES string of the molecule is COc1ccc(-c2nnc(NCC3CC(C)(O)C3)n3cncc23)c(OCC(F)(F)F)c1. The molecule has 1 saturated carbocycles. The number of alkyl halides is 3. The van der Waals surface area contributed by atoms with Gasteiger partial charge in [0, 0.05) is 18.2 Å². The summed E-state index contributed by atoms with van der Waals surface area (Å²) in [5.74, 6) is 1.10. The van der Waals surface area contributed by atoms with E-state index in [1.54, 1.807) is 36.0 Å². The van der Waals surface area contributed by atoms with Crippen LogP contribution in [0.15, 0.2) is 30.7 Å². The highest BCUT2D eigenvalue weighted by Crippen LogP contribution is 2.38. The quantitative estimate of drug-likeness (QED) is 0.586. The first-order valence-electron chi connectivity index (χ1n) is 9.68. The number of fused-ring (bicyclic) bond motifs is 1. The molecule has 0 aliphatic heterocycles. The second-order valence-electron chi connectivity index (χ2n) is 7.94. The van der Waals surface area contributed by atoms with Crippen LogP contribution >= 0.6 is 0 Å². The fourth-order valence-corrected chi connectivity index (χ4v) is 3.82. The predicted molar refractivity (Wildman–Crippen MR) is 106 cm³/mol. The van der Waals surface area contributed by atoms with Crippen LogP contribution in [0.3, 0.4) is 0 Å². The number of imidazole rings is 1. The van der Waals surface area contributed by atoms with Crippen LogP contribution in [0.25, 0.3) is 16.8 Å². The summed E-state index contributed by atoms with van der Waals surface area (Å²) in [7, 11) is 1.42. The van der Waals surface area contributed by atoms with E-state index in [1.807, 2.05) is 0 Å². The van der Waals surface area contributed by atoms with Crippen molar-refractivity contribution < 1.29 is 27.8 Å². The number of benzene rings is 1.